The highest BCUT2D eigenvalue weighted by atomic mass is 16.5. The summed E-state index contributed by atoms with van der Waals surface area (Å²) >= 11 is 0. The summed E-state index contributed by atoms with van der Waals surface area (Å²) in [5.41, 5.74) is 3.50. The van der Waals surface area contributed by atoms with E-state index in [9.17, 15) is 4.79 Å². The minimum atomic E-state index is -0.245. The van der Waals surface area contributed by atoms with Crippen LogP contribution in [0.25, 0.3) is 11.3 Å². The van der Waals surface area contributed by atoms with Crippen LogP contribution in [0.4, 0.5) is 11.5 Å². The maximum atomic E-state index is 12.3. The predicted molar refractivity (Wildman–Crippen MR) is 130 cm³/mol. The van der Waals surface area contributed by atoms with Crippen molar-refractivity contribution in [1.82, 2.24) is 10.2 Å². The molecule has 0 saturated carbocycles. The van der Waals surface area contributed by atoms with Gasteiger partial charge in [-0.05, 0) is 67.6 Å². The topological polar surface area (TPSA) is 76.6 Å². The zero-order valence-electron chi connectivity index (χ0n) is 19.4. The third-order valence-corrected chi connectivity index (χ3v) is 5.90. The Morgan fingerprint density at radius 3 is 2.45 bits per heavy atom. The first kappa shape index (κ1) is 22.6. The number of methoxy groups -OCH3 is 1. The zero-order valence-corrected chi connectivity index (χ0v) is 19.4. The smallest absolute Gasteiger partial charge is 0.262 e. The fourth-order valence-corrected chi connectivity index (χ4v) is 3.84. The molecule has 2 heterocycles. The van der Waals surface area contributed by atoms with E-state index in [1.807, 2.05) is 55.5 Å². The first-order valence-electron chi connectivity index (χ1n) is 11.3. The van der Waals surface area contributed by atoms with Gasteiger partial charge in [-0.25, -0.2) is 0 Å². The zero-order chi connectivity index (χ0) is 23.2. The van der Waals surface area contributed by atoms with Crippen molar-refractivity contribution < 1.29 is 14.3 Å². The molecule has 0 unspecified atom stereocenters. The summed E-state index contributed by atoms with van der Waals surface area (Å²) in [7, 11) is 1.58. The Morgan fingerprint density at radius 1 is 1.03 bits per heavy atom. The van der Waals surface area contributed by atoms with Crippen molar-refractivity contribution in [3.63, 3.8) is 0 Å². The number of nitrogens with zero attached hydrogens (tertiary/aromatic N) is 3. The lowest BCUT2D eigenvalue weighted by Crippen LogP contribution is -2.33. The number of anilines is 2. The minimum Gasteiger partial charge on any atom is -0.493 e. The van der Waals surface area contributed by atoms with E-state index in [0.717, 1.165) is 41.6 Å². The van der Waals surface area contributed by atoms with Crippen LogP contribution in [0.2, 0.25) is 0 Å². The molecular formula is C26H30N4O3. The summed E-state index contributed by atoms with van der Waals surface area (Å²) in [6.07, 6.45) is 2.39. The average Bonchev–Trinajstić information content (AvgIpc) is 2.84. The number of carbonyl (C=O) groups is 1. The van der Waals surface area contributed by atoms with Crippen LogP contribution in [0.1, 0.15) is 25.3 Å². The van der Waals surface area contributed by atoms with Crippen molar-refractivity contribution in [2.75, 3.05) is 37.0 Å². The van der Waals surface area contributed by atoms with Crippen LogP contribution >= 0.6 is 0 Å². The highest BCUT2D eigenvalue weighted by Gasteiger charge is 2.17. The van der Waals surface area contributed by atoms with E-state index in [1.54, 1.807) is 13.2 Å². The fourth-order valence-electron chi connectivity index (χ4n) is 3.84. The Morgan fingerprint density at radius 2 is 1.79 bits per heavy atom. The van der Waals surface area contributed by atoms with Crippen molar-refractivity contribution >= 4 is 17.4 Å². The van der Waals surface area contributed by atoms with E-state index < -0.39 is 0 Å². The standard InChI is InChI=1S/C26H30N4O3/c1-18-12-14-30(15-13-18)25-11-9-22(28-29-25)20-5-7-21(8-6-20)27-26(31)17-33-23-10-4-19(2)16-24(23)32-3/h4-11,16,18H,12-15,17H2,1-3H3,(H,27,31). The second kappa shape index (κ2) is 10.3. The minimum absolute atomic E-state index is 0.108. The molecule has 2 aromatic carbocycles. The molecule has 4 rings (SSSR count). The third kappa shape index (κ3) is 5.80. The van der Waals surface area contributed by atoms with Crippen molar-refractivity contribution in [1.29, 1.82) is 0 Å². The van der Waals surface area contributed by atoms with E-state index in [2.05, 4.69) is 27.3 Å². The van der Waals surface area contributed by atoms with Gasteiger partial charge in [0.1, 0.15) is 0 Å². The molecule has 0 aliphatic carbocycles. The predicted octanol–water partition coefficient (Wildman–Crippen LogP) is 4.71. The number of hydrogen-bond donors (Lipinski definition) is 1. The van der Waals surface area contributed by atoms with Gasteiger partial charge in [-0.1, -0.05) is 25.1 Å². The molecule has 1 aliphatic rings. The lowest BCUT2D eigenvalue weighted by molar-refractivity contribution is -0.118. The molecule has 0 atom stereocenters. The van der Waals surface area contributed by atoms with Gasteiger partial charge in [-0.3, -0.25) is 4.79 Å². The molecule has 0 bridgehead atoms. The molecule has 3 aromatic rings. The fraction of sp³-hybridized carbons (Fsp3) is 0.346. The molecular weight excluding hydrogens is 416 g/mol. The van der Waals surface area contributed by atoms with E-state index >= 15 is 0 Å². The number of aryl methyl sites for hydroxylation is 1. The normalized spacial score (nSPS) is 14.1. The van der Waals surface area contributed by atoms with Gasteiger partial charge in [0.15, 0.2) is 23.9 Å². The van der Waals surface area contributed by atoms with Crippen molar-refractivity contribution in [2.24, 2.45) is 5.92 Å². The van der Waals surface area contributed by atoms with Crippen LogP contribution in [0.15, 0.2) is 54.6 Å². The van der Waals surface area contributed by atoms with Gasteiger partial charge in [-0.2, -0.15) is 0 Å². The average molecular weight is 447 g/mol. The van der Waals surface area contributed by atoms with Crippen LogP contribution < -0.4 is 19.7 Å². The lowest BCUT2D eigenvalue weighted by Gasteiger charge is -2.30. The highest BCUT2D eigenvalue weighted by Crippen LogP contribution is 2.28. The first-order chi connectivity index (χ1) is 16.0. The molecule has 7 heteroatoms. The van der Waals surface area contributed by atoms with Crippen LogP contribution in [-0.4, -0.2) is 42.9 Å². The molecule has 1 fully saturated rings. The van der Waals surface area contributed by atoms with Gasteiger partial charge >= 0.3 is 0 Å². The Bertz CT molecular complexity index is 1080. The van der Waals surface area contributed by atoms with Crippen LogP contribution in [0.3, 0.4) is 0 Å². The summed E-state index contributed by atoms with van der Waals surface area (Å²) in [5, 5.41) is 11.7. The summed E-state index contributed by atoms with van der Waals surface area (Å²) in [5.74, 6) is 2.61. The number of ether oxygens (including phenoxy) is 2. The Hall–Kier alpha value is -3.61. The molecule has 172 valence electrons. The van der Waals surface area contributed by atoms with E-state index in [-0.39, 0.29) is 12.5 Å². The molecule has 1 aromatic heterocycles. The summed E-state index contributed by atoms with van der Waals surface area (Å²) in [6.45, 7) is 6.22. The number of aromatic nitrogens is 2. The largest absolute Gasteiger partial charge is 0.493 e. The SMILES string of the molecule is COc1cc(C)ccc1OCC(=O)Nc1ccc(-c2ccc(N3CCC(C)CC3)nn2)cc1. The molecule has 7 nitrogen and oxygen atoms in total. The molecule has 1 aliphatic heterocycles. The van der Waals surface area contributed by atoms with Gasteiger partial charge in [0, 0.05) is 24.3 Å². The molecule has 1 amide bonds. The van der Waals surface area contributed by atoms with Gasteiger partial charge in [-0.15, -0.1) is 10.2 Å². The number of amides is 1. The van der Waals surface area contributed by atoms with E-state index in [1.165, 1.54) is 12.8 Å². The lowest BCUT2D eigenvalue weighted by atomic mass is 9.99. The summed E-state index contributed by atoms with van der Waals surface area (Å²) in [4.78, 5) is 14.6. The second-order valence-electron chi connectivity index (χ2n) is 8.51. The maximum Gasteiger partial charge on any atom is 0.262 e. The molecule has 1 N–H and O–H groups in total. The number of rotatable bonds is 7. The number of benzene rings is 2. The van der Waals surface area contributed by atoms with E-state index in [4.69, 9.17) is 9.47 Å². The van der Waals surface area contributed by atoms with Gasteiger partial charge in [0.05, 0.1) is 12.8 Å². The monoisotopic (exact) mass is 446 g/mol. The molecule has 1 saturated heterocycles. The highest BCUT2D eigenvalue weighted by molar-refractivity contribution is 5.92. The quantitative estimate of drug-likeness (QED) is 0.566. The Balaban J connectivity index is 1.32. The van der Waals surface area contributed by atoms with Crippen molar-refractivity contribution in [2.45, 2.75) is 26.7 Å². The second-order valence-corrected chi connectivity index (χ2v) is 8.51. The number of nitrogens with one attached hydrogen (secondary N) is 1. The summed E-state index contributed by atoms with van der Waals surface area (Å²) < 4.78 is 10.9. The number of piperidine rings is 1. The number of carbonyl (C=O) groups excluding carboxylic acids is 1. The van der Waals surface area contributed by atoms with Gasteiger partial charge in [0.2, 0.25) is 0 Å². The van der Waals surface area contributed by atoms with Crippen molar-refractivity contribution in [3.8, 4) is 22.8 Å². The van der Waals surface area contributed by atoms with Crippen molar-refractivity contribution in [3.05, 3.63) is 60.2 Å². The maximum absolute atomic E-state index is 12.3. The third-order valence-electron chi connectivity index (χ3n) is 5.90. The first-order valence-corrected chi connectivity index (χ1v) is 11.3. The van der Waals surface area contributed by atoms with Gasteiger partial charge in [0.25, 0.3) is 5.91 Å². The summed E-state index contributed by atoms with van der Waals surface area (Å²) in [6, 6.07) is 17.2. The van der Waals surface area contributed by atoms with Crippen LogP contribution in [0, 0.1) is 12.8 Å². The molecule has 0 radical (unpaired) electrons. The molecule has 33 heavy (non-hydrogen) atoms. The molecule has 0 spiro atoms. The Kier molecular flexibility index (Phi) is 7.07. The van der Waals surface area contributed by atoms with Crippen LogP contribution in [0.5, 0.6) is 11.5 Å². The van der Waals surface area contributed by atoms with Gasteiger partial charge < -0.3 is 19.7 Å². The number of hydrogen-bond acceptors (Lipinski definition) is 6. The van der Waals surface area contributed by atoms with Crippen LogP contribution in [-0.2, 0) is 4.79 Å². The Labute approximate surface area is 194 Å². The van der Waals surface area contributed by atoms with E-state index in [0.29, 0.717) is 17.2 Å².